The number of rotatable bonds is 11. The van der Waals surface area contributed by atoms with E-state index in [1.165, 1.54) is 0 Å². The van der Waals surface area contributed by atoms with E-state index < -0.39 is 24.0 Å². The minimum absolute atomic E-state index is 0.0607. The zero-order valence-electron chi connectivity index (χ0n) is 20.5. The lowest BCUT2D eigenvalue weighted by Gasteiger charge is -2.19. The molecule has 1 aliphatic rings. The van der Waals surface area contributed by atoms with E-state index in [4.69, 9.17) is 9.84 Å². The number of benzene rings is 2. The quantitative estimate of drug-likeness (QED) is 0.316. The number of carbonyl (C=O) groups excluding carboxylic acids is 2. The fraction of sp³-hybridized carbons (Fsp3) is 0.393. The molecule has 0 heterocycles. The summed E-state index contributed by atoms with van der Waals surface area (Å²) in [6.45, 7) is 6.00. The maximum absolute atomic E-state index is 12.7. The molecule has 7 nitrogen and oxygen atoms in total. The van der Waals surface area contributed by atoms with Crippen molar-refractivity contribution in [1.82, 2.24) is 10.6 Å². The lowest BCUT2D eigenvalue weighted by molar-refractivity contribution is -0.141. The van der Waals surface area contributed by atoms with Gasteiger partial charge in [0.15, 0.2) is 0 Å². The summed E-state index contributed by atoms with van der Waals surface area (Å²) in [5, 5.41) is 14.5. The monoisotopic (exact) mass is 478 g/mol. The average Bonchev–Trinajstić information content (AvgIpc) is 3.16. The Bertz CT molecular complexity index is 1040. The molecule has 1 aliphatic carbocycles. The van der Waals surface area contributed by atoms with E-state index in [2.05, 4.69) is 34.9 Å². The zero-order chi connectivity index (χ0) is 25.4. The van der Waals surface area contributed by atoms with Gasteiger partial charge in [0, 0.05) is 12.5 Å². The van der Waals surface area contributed by atoms with Crippen LogP contribution in [-0.4, -0.2) is 42.3 Å². The van der Waals surface area contributed by atoms with Crippen LogP contribution >= 0.6 is 0 Å². The van der Waals surface area contributed by atoms with Crippen molar-refractivity contribution in [2.45, 2.75) is 52.0 Å². The second-order valence-corrected chi connectivity index (χ2v) is 9.21. The summed E-state index contributed by atoms with van der Waals surface area (Å²) in [6.07, 6.45) is 2.59. The van der Waals surface area contributed by atoms with Crippen LogP contribution in [0, 0.1) is 5.92 Å². The molecule has 35 heavy (non-hydrogen) atoms. The first-order valence-electron chi connectivity index (χ1n) is 12.0. The number of ether oxygens (including phenoxy) is 1. The van der Waals surface area contributed by atoms with Crippen molar-refractivity contribution in [2.24, 2.45) is 5.92 Å². The van der Waals surface area contributed by atoms with Crippen LogP contribution in [0.5, 0.6) is 0 Å². The van der Waals surface area contributed by atoms with Crippen LogP contribution in [0.1, 0.15) is 57.1 Å². The molecule has 0 saturated heterocycles. The van der Waals surface area contributed by atoms with Gasteiger partial charge in [-0.3, -0.25) is 9.59 Å². The van der Waals surface area contributed by atoms with Gasteiger partial charge in [-0.15, -0.1) is 0 Å². The number of hydrogen-bond donors (Lipinski definition) is 3. The van der Waals surface area contributed by atoms with Gasteiger partial charge >= 0.3 is 12.1 Å². The van der Waals surface area contributed by atoms with Crippen LogP contribution in [-0.2, 0) is 14.3 Å². The zero-order valence-corrected chi connectivity index (χ0v) is 20.5. The molecule has 0 aliphatic heterocycles. The summed E-state index contributed by atoms with van der Waals surface area (Å²) in [6, 6.07) is 15.4. The number of aliphatic carboxylic acids is 1. The van der Waals surface area contributed by atoms with E-state index in [-0.39, 0.29) is 18.4 Å². The number of hydrogen-bond acceptors (Lipinski definition) is 4. The minimum atomic E-state index is -0.852. The van der Waals surface area contributed by atoms with Crippen molar-refractivity contribution in [3.63, 3.8) is 0 Å². The van der Waals surface area contributed by atoms with Gasteiger partial charge in [-0.05, 0) is 55.4 Å². The van der Waals surface area contributed by atoms with Gasteiger partial charge in [-0.25, -0.2) is 4.79 Å². The second kappa shape index (κ2) is 12.2. The number of fused-ring (bicyclic) bond motifs is 3. The number of carbonyl (C=O) groups is 3. The Morgan fingerprint density at radius 2 is 1.63 bits per heavy atom. The highest BCUT2D eigenvalue weighted by molar-refractivity contribution is 5.86. The molecule has 0 aromatic heterocycles. The molecule has 2 amide bonds. The average molecular weight is 479 g/mol. The Hall–Kier alpha value is -3.61. The van der Waals surface area contributed by atoms with Crippen LogP contribution in [0.3, 0.4) is 0 Å². The maximum atomic E-state index is 12.7. The highest BCUT2D eigenvalue weighted by atomic mass is 16.5. The van der Waals surface area contributed by atoms with Crippen molar-refractivity contribution < 1.29 is 24.2 Å². The van der Waals surface area contributed by atoms with Crippen LogP contribution in [0.25, 0.3) is 11.1 Å². The van der Waals surface area contributed by atoms with Crippen molar-refractivity contribution in [3.05, 3.63) is 71.3 Å². The molecule has 2 aromatic carbocycles. The van der Waals surface area contributed by atoms with Crippen LogP contribution < -0.4 is 10.6 Å². The molecule has 186 valence electrons. The maximum Gasteiger partial charge on any atom is 0.407 e. The third-order valence-corrected chi connectivity index (χ3v) is 6.25. The SMILES string of the molecule is CC(C)=CCC(NC(=O)OCC1c2ccccc2-c2ccccc21)C(=O)NCCCC(C)C(=O)O. The molecule has 0 radical (unpaired) electrons. The van der Waals surface area contributed by atoms with Crippen LogP contribution in [0.2, 0.25) is 0 Å². The molecule has 2 aromatic rings. The van der Waals surface area contributed by atoms with Crippen molar-refractivity contribution in [2.75, 3.05) is 13.2 Å². The number of nitrogens with one attached hydrogen (secondary N) is 2. The Balaban J connectivity index is 1.58. The summed E-state index contributed by atoms with van der Waals surface area (Å²) in [4.78, 5) is 36.4. The number of carboxylic acid groups (broad SMARTS) is 1. The van der Waals surface area contributed by atoms with Gasteiger partial charge in [0.05, 0.1) is 5.92 Å². The third kappa shape index (κ3) is 6.94. The molecule has 3 rings (SSSR count). The second-order valence-electron chi connectivity index (χ2n) is 9.21. The molecule has 2 atom stereocenters. The third-order valence-electron chi connectivity index (χ3n) is 6.25. The first-order chi connectivity index (χ1) is 16.8. The molecule has 0 fully saturated rings. The van der Waals surface area contributed by atoms with Gasteiger partial charge < -0.3 is 20.5 Å². The Morgan fingerprint density at radius 1 is 1.03 bits per heavy atom. The summed E-state index contributed by atoms with van der Waals surface area (Å²) >= 11 is 0. The number of amides is 2. The Morgan fingerprint density at radius 3 is 2.20 bits per heavy atom. The fourth-order valence-corrected chi connectivity index (χ4v) is 4.23. The number of allylic oxidation sites excluding steroid dienone is 1. The van der Waals surface area contributed by atoms with Gasteiger partial charge in [0.2, 0.25) is 5.91 Å². The van der Waals surface area contributed by atoms with E-state index >= 15 is 0 Å². The summed E-state index contributed by atoms with van der Waals surface area (Å²) in [5.41, 5.74) is 5.57. The van der Waals surface area contributed by atoms with Gasteiger partial charge in [-0.1, -0.05) is 67.1 Å². The highest BCUT2D eigenvalue weighted by Crippen LogP contribution is 2.44. The lowest BCUT2D eigenvalue weighted by atomic mass is 9.98. The molecular formula is C28H34N2O5. The van der Waals surface area contributed by atoms with E-state index in [1.54, 1.807) is 6.92 Å². The summed E-state index contributed by atoms with van der Waals surface area (Å²) < 4.78 is 5.59. The molecular weight excluding hydrogens is 444 g/mol. The van der Waals surface area contributed by atoms with Gasteiger partial charge in [0.1, 0.15) is 12.6 Å². The summed E-state index contributed by atoms with van der Waals surface area (Å²) in [5.74, 6) is -1.70. The molecule has 7 heteroatoms. The highest BCUT2D eigenvalue weighted by Gasteiger charge is 2.29. The van der Waals surface area contributed by atoms with E-state index in [1.807, 2.05) is 44.2 Å². The van der Waals surface area contributed by atoms with E-state index in [0.717, 1.165) is 27.8 Å². The van der Waals surface area contributed by atoms with Crippen LogP contribution in [0.15, 0.2) is 60.2 Å². The predicted octanol–water partition coefficient (Wildman–Crippen LogP) is 4.87. The summed E-state index contributed by atoms with van der Waals surface area (Å²) in [7, 11) is 0. The smallest absolute Gasteiger partial charge is 0.407 e. The minimum Gasteiger partial charge on any atom is -0.481 e. The molecule has 3 N–H and O–H groups in total. The molecule has 0 spiro atoms. The van der Waals surface area contributed by atoms with Crippen molar-refractivity contribution in [1.29, 1.82) is 0 Å². The molecule has 0 bridgehead atoms. The molecule has 2 unspecified atom stereocenters. The van der Waals surface area contributed by atoms with Crippen molar-refractivity contribution in [3.8, 4) is 11.1 Å². The first kappa shape index (κ1) is 26.0. The van der Waals surface area contributed by atoms with Gasteiger partial charge in [-0.2, -0.15) is 0 Å². The first-order valence-corrected chi connectivity index (χ1v) is 12.0. The van der Waals surface area contributed by atoms with E-state index in [0.29, 0.717) is 25.8 Å². The normalized spacial score (nSPS) is 13.7. The van der Waals surface area contributed by atoms with Gasteiger partial charge in [0.25, 0.3) is 0 Å². The Labute approximate surface area is 206 Å². The molecule has 0 saturated carbocycles. The van der Waals surface area contributed by atoms with E-state index in [9.17, 15) is 14.4 Å². The lowest BCUT2D eigenvalue weighted by Crippen LogP contribution is -2.47. The van der Waals surface area contributed by atoms with Crippen LogP contribution in [0.4, 0.5) is 4.79 Å². The topological polar surface area (TPSA) is 105 Å². The number of carboxylic acids is 1. The Kier molecular flexibility index (Phi) is 9.06. The largest absolute Gasteiger partial charge is 0.481 e. The standard InChI is InChI=1S/C28H34N2O5/c1-18(2)14-15-25(26(31)29-16-8-9-19(3)27(32)33)30-28(34)35-17-24-22-12-6-4-10-20(22)21-11-5-7-13-23(21)24/h4-7,10-14,19,24-25H,8-9,15-17H2,1-3H3,(H,29,31)(H,30,34)(H,32,33). The number of alkyl carbamates (subject to hydrolysis) is 1. The van der Waals surface area contributed by atoms with Crippen molar-refractivity contribution >= 4 is 18.0 Å². The predicted molar refractivity (Wildman–Crippen MR) is 135 cm³/mol. The fourth-order valence-electron chi connectivity index (χ4n) is 4.23.